The predicted octanol–water partition coefficient (Wildman–Crippen LogP) is 3.83. The van der Waals surface area contributed by atoms with E-state index in [1.54, 1.807) is 33.8 Å². The molecule has 2 heterocycles. The highest BCUT2D eigenvalue weighted by Gasteiger charge is 2.35. The number of anilines is 2. The molecule has 0 spiro atoms. The zero-order valence-electron chi connectivity index (χ0n) is 15.3. The largest absolute Gasteiger partial charge is 0.312 e. The number of rotatable bonds is 4. The van der Waals surface area contributed by atoms with E-state index in [9.17, 15) is 9.59 Å². The second kappa shape index (κ2) is 7.48. The van der Waals surface area contributed by atoms with E-state index >= 15 is 0 Å². The van der Waals surface area contributed by atoms with Gasteiger partial charge in [0, 0.05) is 29.7 Å². The first kappa shape index (κ1) is 18.3. The Bertz CT molecular complexity index is 1010. The van der Waals surface area contributed by atoms with E-state index in [4.69, 9.17) is 11.6 Å². The van der Waals surface area contributed by atoms with Gasteiger partial charge in [0.15, 0.2) is 0 Å². The summed E-state index contributed by atoms with van der Waals surface area (Å²) < 4.78 is 1.70. The van der Waals surface area contributed by atoms with Crippen LogP contribution in [0.4, 0.5) is 11.5 Å². The van der Waals surface area contributed by atoms with Crippen LogP contribution in [0.2, 0.25) is 5.02 Å². The summed E-state index contributed by atoms with van der Waals surface area (Å²) in [5.74, 6) is -0.106. The highest BCUT2D eigenvalue weighted by Crippen LogP contribution is 2.27. The van der Waals surface area contributed by atoms with Crippen molar-refractivity contribution in [2.24, 2.45) is 5.92 Å². The molecule has 28 heavy (non-hydrogen) atoms. The van der Waals surface area contributed by atoms with Gasteiger partial charge in [-0.2, -0.15) is 5.10 Å². The van der Waals surface area contributed by atoms with Crippen LogP contribution >= 0.6 is 11.6 Å². The monoisotopic (exact) mass is 394 g/mol. The first-order valence-corrected chi connectivity index (χ1v) is 9.38. The fourth-order valence-electron chi connectivity index (χ4n) is 3.34. The third-order valence-electron chi connectivity index (χ3n) is 4.72. The summed E-state index contributed by atoms with van der Waals surface area (Å²) in [4.78, 5) is 26.9. The van der Waals surface area contributed by atoms with Crippen LogP contribution in [0.15, 0.2) is 60.7 Å². The van der Waals surface area contributed by atoms with Crippen LogP contribution in [-0.2, 0) is 9.59 Å². The van der Waals surface area contributed by atoms with Gasteiger partial charge in [-0.3, -0.25) is 9.59 Å². The Balaban J connectivity index is 1.51. The lowest BCUT2D eigenvalue weighted by molar-refractivity contribution is -0.122. The maximum absolute atomic E-state index is 12.8. The fraction of sp³-hybridized carbons (Fsp3) is 0.190. The molecule has 1 aromatic heterocycles. The second-order valence-corrected chi connectivity index (χ2v) is 7.23. The number of benzene rings is 2. The van der Waals surface area contributed by atoms with Crippen LogP contribution in [0, 0.1) is 12.8 Å². The molecule has 0 aliphatic carbocycles. The molecular weight excluding hydrogens is 376 g/mol. The van der Waals surface area contributed by atoms with E-state index in [2.05, 4.69) is 10.4 Å². The molecule has 1 fully saturated rings. The average Bonchev–Trinajstić information content (AvgIpc) is 3.26. The molecular formula is C21H19ClN4O2. The molecule has 0 bridgehead atoms. The number of carbonyl (C=O) groups is 2. The van der Waals surface area contributed by atoms with Crippen molar-refractivity contribution in [2.75, 3.05) is 16.8 Å². The average molecular weight is 395 g/mol. The number of nitrogens with one attached hydrogen (secondary N) is 1. The van der Waals surface area contributed by atoms with Crippen LogP contribution in [0.3, 0.4) is 0 Å². The van der Waals surface area contributed by atoms with E-state index in [0.29, 0.717) is 17.4 Å². The number of amides is 2. The lowest BCUT2D eigenvalue weighted by Gasteiger charge is -2.17. The molecule has 0 radical (unpaired) electrons. The van der Waals surface area contributed by atoms with E-state index in [-0.39, 0.29) is 18.2 Å². The maximum atomic E-state index is 12.8. The lowest BCUT2D eigenvalue weighted by atomic mass is 10.1. The van der Waals surface area contributed by atoms with Gasteiger partial charge in [0.05, 0.1) is 17.3 Å². The number of para-hydroxylation sites is 1. The SMILES string of the molecule is Cc1cc(NC(=O)C2CC(=O)N(c3ccc(Cl)cc3)C2)n(-c2ccccc2)n1. The van der Waals surface area contributed by atoms with Gasteiger partial charge in [-0.1, -0.05) is 29.8 Å². The van der Waals surface area contributed by atoms with Crippen molar-refractivity contribution in [3.05, 3.63) is 71.4 Å². The molecule has 4 rings (SSSR count). The van der Waals surface area contributed by atoms with Gasteiger partial charge < -0.3 is 10.2 Å². The van der Waals surface area contributed by atoms with Crippen molar-refractivity contribution in [1.82, 2.24) is 9.78 Å². The number of carbonyl (C=O) groups excluding carboxylic acids is 2. The normalized spacial score (nSPS) is 16.4. The first-order valence-electron chi connectivity index (χ1n) is 9.00. The molecule has 1 aliphatic rings. The topological polar surface area (TPSA) is 67.2 Å². The molecule has 3 aromatic rings. The number of halogens is 1. The summed E-state index contributed by atoms with van der Waals surface area (Å²) in [7, 11) is 0. The molecule has 1 saturated heterocycles. The molecule has 142 valence electrons. The van der Waals surface area contributed by atoms with Crippen molar-refractivity contribution >= 4 is 34.9 Å². The quantitative estimate of drug-likeness (QED) is 0.731. The van der Waals surface area contributed by atoms with Crippen LogP contribution in [0.25, 0.3) is 5.69 Å². The summed E-state index contributed by atoms with van der Waals surface area (Å²) in [6, 6.07) is 18.5. The van der Waals surface area contributed by atoms with Gasteiger partial charge in [0.25, 0.3) is 0 Å². The molecule has 0 saturated carbocycles. The van der Waals surface area contributed by atoms with Gasteiger partial charge >= 0.3 is 0 Å². The molecule has 1 N–H and O–H groups in total. The van der Waals surface area contributed by atoms with E-state index in [0.717, 1.165) is 17.1 Å². The number of hydrogen-bond acceptors (Lipinski definition) is 3. The molecule has 7 heteroatoms. The molecule has 1 atom stereocenters. The summed E-state index contributed by atoms with van der Waals surface area (Å²) in [6.07, 6.45) is 0.174. The third-order valence-corrected chi connectivity index (χ3v) is 4.97. The minimum absolute atomic E-state index is 0.0739. The van der Waals surface area contributed by atoms with Gasteiger partial charge in [-0.05, 0) is 43.3 Å². The highest BCUT2D eigenvalue weighted by molar-refractivity contribution is 6.30. The number of aromatic nitrogens is 2. The fourth-order valence-corrected chi connectivity index (χ4v) is 3.46. The summed E-state index contributed by atoms with van der Waals surface area (Å²) in [6.45, 7) is 2.21. The van der Waals surface area contributed by atoms with Gasteiger partial charge in [0.2, 0.25) is 11.8 Å². The highest BCUT2D eigenvalue weighted by atomic mass is 35.5. The molecule has 1 aliphatic heterocycles. The minimum Gasteiger partial charge on any atom is -0.312 e. The van der Waals surface area contributed by atoms with E-state index < -0.39 is 5.92 Å². The number of aryl methyl sites for hydroxylation is 1. The minimum atomic E-state index is -0.428. The van der Waals surface area contributed by atoms with Crippen molar-refractivity contribution in [1.29, 1.82) is 0 Å². The standard InChI is InChI=1S/C21H19ClN4O2/c1-14-11-19(26(24-14)18-5-3-2-4-6-18)23-21(28)15-12-20(27)25(13-15)17-9-7-16(22)8-10-17/h2-11,15H,12-13H2,1H3,(H,23,28). The van der Waals surface area contributed by atoms with Crippen molar-refractivity contribution in [3.8, 4) is 5.69 Å². The number of nitrogens with zero attached hydrogens (tertiary/aromatic N) is 3. The Labute approximate surface area is 167 Å². The van der Waals surface area contributed by atoms with E-state index in [1.165, 1.54) is 0 Å². The summed E-state index contributed by atoms with van der Waals surface area (Å²) in [5.41, 5.74) is 2.40. The van der Waals surface area contributed by atoms with Crippen LogP contribution in [0.1, 0.15) is 12.1 Å². The molecule has 2 aromatic carbocycles. The Hall–Kier alpha value is -3.12. The maximum Gasteiger partial charge on any atom is 0.230 e. The van der Waals surface area contributed by atoms with E-state index in [1.807, 2.05) is 43.3 Å². The Morgan fingerprint density at radius 1 is 1.11 bits per heavy atom. The smallest absolute Gasteiger partial charge is 0.230 e. The number of hydrogen-bond donors (Lipinski definition) is 1. The van der Waals surface area contributed by atoms with Crippen molar-refractivity contribution < 1.29 is 9.59 Å². The first-order chi connectivity index (χ1) is 13.5. The Morgan fingerprint density at radius 2 is 1.82 bits per heavy atom. The lowest BCUT2D eigenvalue weighted by Crippen LogP contribution is -2.28. The summed E-state index contributed by atoms with van der Waals surface area (Å²) >= 11 is 5.92. The third kappa shape index (κ3) is 3.64. The van der Waals surface area contributed by atoms with Gasteiger partial charge in [0.1, 0.15) is 5.82 Å². The van der Waals surface area contributed by atoms with Gasteiger partial charge in [-0.25, -0.2) is 4.68 Å². The second-order valence-electron chi connectivity index (χ2n) is 6.79. The molecule has 6 nitrogen and oxygen atoms in total. The van der Waals surface area contributed by atoms with Crippen LogP contribution in [-0.4, -0.2) is 28.1 Å². The summed E-state index contributed by atoms with van der Waals surface area (Å²) in [5, 5.41) is 8.00. The Kier molecular flexibility index (Phi) is 4.88. The van der Waals surface area contributed by atoms with Crippen molar-refractivity contribution in [3.63, 3.8) is 0 Å². The van der Waals surface area contributed by atoms with Crippen LogP contribution < -0.4 is 10.2 Å². The van der Waals surface area contributed by atoms with Crippen LogP contribution in [0.5, 0.6) is 0 Å². The van der Waals surface area contributed by atoms with Gasteiger partial charge in [-0.15, -0.1) is 0 Å². The zero-order chi connectivity index (χ0) is 19.7. The molecule has 1 unspecified atom stereocenters. The molecule has 2 amide bonds. The van der Waals surface area contributed by atoms with Crippen molar-refractivity contribution in [2.45, 2.75) is 13.3 Å². The zero-order valence-corrected chi connectivity index (χ0v) is 16.1. The Morgan fingerprint density at radius 3 is 2.54 bits per heavy atom. The predicted molar refractivity (Wildman–Crippen MR) is 109 cm³/mol.